The monoisotopic (exact) mass is 289 g/mol. The predicted molar refractivity (Wildman–Crippen MR) is 83.3 cm³/mol. The third kappa shape index (κ3) is 4.67. The van der Waals surface area contributed by atoms with Crippen molar-refractivity contribution in [2.75, 3.05) is 5.32 Å². The molecule has 1 atom stereocenters. The van der Waals surface area contributed by atoms with Gasteiger partial charge < -0.3 is 10.6 Å². The average Bonchev–Trinajstić information content (AvgIpc) is 2.48. The molecule has 4 heteroatoms. The number of Topliss-reactive ketones (excluding diaryl/α,β-unsaturated/α-hetero) is 1. The maximum absolute atomic E-state index is 12.2. The van der Waals surface area contributed by atoms with E-state index in [1.807, 2.05) is 6.92 Å². The highest BCUT2D eigenvalue weighted by Gasteiger charge is 2.23. The molecular formula is C17H25N2O2+. The number of carbonyl (C=O) groups is 2. The number of carbonyl (C=O) groups excluding carboxylic acids is 2. The summed E-state index contributed by atoms with van der Waals surface area (Å²) < 4.78 is 0. The van der Waals surface area contributed by atoms with E-state index in [1.54, 1.807) is 24.3 Å². The lowest BCUT2D eigenvalue weighted by atomic mass is 9.95. The van der Waals surface area contributed by atoms with Gasteiger partial charge in [0, 0.05) is 11.3 Å². The highest BCUT2D eigenvalue weighted by Crippen LogP contribution is 2.15. The molecule has 1 saturated carbocycles. The Labute approximate surface area is 126 Å². The van der Waals surface area contributed by atoms with Gasteiger partial charge in [-0.15, -0.1) is 0 Å². The van der Waals surface area contributed by atoms with E-state index in [9.17, 15) is 9.59 Å². The van der Waals surface area contributed by atoms with Gasteiger partial charge in [0.1, 0.15) is 0 Å². The van der Waals surface area contributed by atoms with Gasteiger partial charge in [0.2, 0.25) is 0 Å². The Morgan fingerprint density at radius 2 is 1.76 bits per heavy atom. The lowest BCUT2D eigenvalue weighted by molar-refractivity contribution is -0.708. The van der Waals surface area contributed by atoms with Crippen LogP contribution in [0.1, 0.15) is 56.3 Å². The highest BCUT2D eigenvalue weighted by atomic mass is 16.2. The highest BCUT2D eigenvalue weighted by molar-refractivity contribution is 5.96. The van der Waals surface area contributed by atoms with E-state index >= 15 is 0 Å². The van der Waals surface area contributed by atoms with Gasteiger partial charge >= 0.3 is 0 Å². The summed E-state index contributed by atoms with van der Waals surface area (Å²) in [5.41, 5.74) is 1.41. The lowest BCUT2D eigenvalue weighted by Crippen LogP contribution is -2.96. The number of ketones is 1. The fourth-order valence-electron chi connectivity index (χ4n) is 2.87. The van der Waals surface area contributed by atoms with Gasteiger partial charge in [-0.25, -0.2) is 0 Å². The number of nitrogens with one attached hydrogen (secondary N) is 1. The fraction of sp³-hybridized carbons (Fsp3) is 0.529. The van der Waals surface area contributed by atoms with E-state index < -0.39 is 0 Å². The van der Waals surface area contributed by atoms with Crippen molar-refractivity contribution in [3.8, 4) is 0 Å². The van der Waals surface area contributed by atoms with Crippen molar-refractivity contribution in [1.29, 1.82) is 0 Å². The molecule has 1 aliphatic rings. The van der Waals surface area contributed by atoms with Crippen LogP contribution < -0.4 is 10.6 Å². The molecule has 4 nitrogen and oxygen atoms in total. The Balaban J connectivity index is 1.86. The minimum absolute atomic E-state index is 0.0242. The van der Waals surface area contributed by atoms with Gasteiger partial charge in [-0.2, -0.15) is 0 Å². The fourth-order valence-corrected chi connectivity index (χ4v) is 2.87. The minimum Gasteiger partial charge on any atom is -0.334 e. The molecule has 0 spiro atoms. The Morgan fingerprint density at radius 3 is 2.33 bits per heavy atom. The molecule has 0 unspecified atom stereocenters. The van der Waals surface area contributed by atoms with E-state index in [4.69, 9.17) is 0 Å². The zero-order valence-electron chi connectivity index (χ0n) is 12.9. The predicted octanol–water partition coefficient (Wildman–Crippen LogP) is 2.11. The Morgan fingerprint density at radius 1 is 1.14 bits per heavy atom. The molecule has 0 saturated heterocycles. The van der Waals surface area contributed by atoms with Gasteiger partial charge in [-0.05, 0) is 63.8 Å². The summed E-state index contributed by atoms with van der Waals surface area (Å²) in [6.45, 7) is 3.49. The summed E-state index contributed by atoms with van der Waals surface area (Å²) in [5, 5.41) is 5.11. The normalized spacial score (nSPS) is 17.2. The van der Waals surface area contributed by atoms with E-state index in [1.165, 1.54) is 39.0 Å². The van der Waals surface area contributed by atoms with E-state index in [2.05, 4.69) is 10.6 Å². The van der Waals surface area contributed by atoms with Gasteiger partial charge in [-0.1, -0.05) is 6.42 Å². The molecule has 0 bridgehead atoms. The van der Waals surface area contributed by atoms with E-state index in [-0.39, 0.29) is 17.7 Å². The second kappa shape index (κ2) is 7.36. The molecule has 2 rings (SSSR count). The first-order chi connectivity index (χ1) is 10.1. The molecule has 0 heterocycles. The standard InChI is InChI=1S/C17H24N2O2/c1-12(18-15-6-4-3-5-7-15)17(21)19-16-10-8-14(9-11-16)13(2)20/h8-12,15,18H,3-7H2,1-2H3,(H,19,21)/p+1/t12-/m0/s1. The number of amides is 1. The second-order valence-electron chi connectivity index (χ2n) is 6.00. The van der Waals surface area contributed by atoms with Crippen LogP contribution in [0, 0.1) is 0 Å². The molecule has 3 N–H and O–H groups in total. The third-order valence-electron chi connectivity index (χ3n) is 4.18. The summed E-state index contributed by atoms with van der Waals surface area (Å²) in [7, 11) is 0. The number of benzene rings is 1. The topological polar surface area (TPSA) is 62.8 Å². The number of anilines is 1. The van der Waals surface area contributed by atoms with E-state index in [0.29, 0.717) is 11.6 Å². The number of quaternary nitrogens is 1. The minimum atomic E-state index is -0.0828. The van der Waals surface area contributed by atoms with Crippen LogP contribution in [0.4, 0.5) is 5.69 Å². The van der Waals surface area contributed by atoms with Crippen molar-refractivity contribution >= 4 is 17.4 Å². The zero-order chi connectivity index (χ0) is 15.2. The SMILES string of the molecule is CC(=O)c1ccc(NC(=O)[C@H](C)[NH2+]C2CCCCC2)cc1. The van der Waals surface area contributed by atoms with Gasteiger partial charge in [0.15, 0.2) is 11.8 Å². The first kappa shape index (κ1) is 15.7. The van der Waals surface area contributed by atoms with Crippen molar-refractivity contribution in [2.24, 2.45) is 0 Å². The first-order valence-corrected chi connectivity index (χ1v) is 7.83. The van der Waals surface area contributed by atoms with Gasteiger partial charge in [-0.3, -0.25) is 9.59 Å². The van der Waals surface area contributed by atoms with Crippen LogP contribution in [0.5, 0.6) is 0 Å². The van der Waals surface area contributed by atoms with Crippen molar-refractivity contribution in [3.05, 3.63) is 29.8 Å². The third-order valence-corrected chi connectivity index (χ3v) is 4.18. The molecule has 1 aromatic carbocycles. The number of hydrogen-bond acceptors (Lipinski definition) is 2. The maximum atomic E-state index is 12.2. The molecule has 114 valence electrons. The van der Waals surface area contributed by atoms with Crippen molar-refractivity contribution in [2.45, 2.75) is 58.0 Å². The molecule has 1 fully saturated rings. The summed E-state index contributed by atoms with van der Waals surface area (Å²) >= 11 is 0. The van der Waals surface area contributed by atoms with Crippen LogP contribution in [0.3, 0.4) is 0 Å². The number of nitrogens with two attached hydrogens (primary N) is 1. The molecule has 1 aromatic rings. The van der Waals surface area contributed by atoms with Crippen LogP contribution in [-0.2, 0) is 4.79 Å². The van der Waals surface area contributed by atoms with Crippen molar-refractivity contribution in [1.82, 2.24) is 0 Å². The Hall–Kier alpha value is -1.68. The lowest BCUT2D eigenvalue weighted by Gasteiger charge is -2.23. The van der Waals surface area contributed by atoms with Gasteiger partial charge in [0.05, 0.1) is 6.04 Å². The summed E-state index contributed by atoms with van der Waals surface area (Å²) in [5.74, 6) is 0.0584. The number of hydrogen-bond donors (Lipinski definition) is 2. The van der Waals surface area contributed by atoms with Crippen molar-refractivity contribution in [3.63, 3.8) is 0 Å². The largest absolute Gasteiger partial charge is 0.334 e. The van der Waals surface area contributed by atoms with Crippen LogP contribution in [0.25, 0.3) is 0 Å². The molecular weight excluding hydrogens is 264 g/mol. The molecule has 0 radical (unpaired) electrons. The summed E-state index contributed by atoms with van der Waals surface area (Å²) in [4.78, 5) is 23.4. The number of rotatable bonds is 5. The quantitative estimate of drug-likeness (QED) is 0.816. The second-order valence-corrected chi connectivity index (χ2v) is 6.00. The molecule has 21 heavy (non-hydrogen) atoms. The molecule has 0 aliphatic heterocycles. The molecule has 1 aliphatic carbocycles. The van der Waals surface area contributed by atoms with Crippen LogP contribution in [-0.4, -0.2) is 23.8 Å². The summed E-state index contributed by atoms with van der Waals surface area (Å²) in [6.07, 6.45) is 6.31. The van der Waals surface area contributed by atoms with E-state index in [0.717, 1.165) is 5.69 Å². The van der Waals surface area contributed by atoms with Crippen LogP contribution in [0.15, 0.2) is 24.3 Å². The smallest absolute Gasteiger partial charge is 0.282 e. The summed E-state index contributed by atoms with van der Waals surface area (Å²) in [6, 6.07) is 7.55. The first-order valence-electron chi connectivity index (χ1n) is 7.83. The Kier molecular flexibility index (Phi) is 5.51. The molecule has 0 aromatic heterocycles. The Bertz CT molecular complexity index is 490. The van der Waals surface area contributed by atoms with Crippen LogP contribution >= 0.6 is 0 Å². The average molecular weight is 289 g/mol. The maximum Gasteiger partial charge on any atom is 0.282 e. The van der Waals surface area contributed by atoms with Gasteiger partial charge in [0.25, 0.3) is 5.91 Å². The zero-order valence-corrected chi connectivity index (χ0v) is 12.9. The van der Waals surface area contributed by atoms with Crippen molar-refractivity contribution < 1.29 is 14.9 Å². The van der Waals surface area contributed by atoms with Crippen LogP contribution in [0.2, 0.25) is 0 Å². The molecule has 1 amide bonds.